The molecule has 9 heavy (non-hydrogen) atoms. The quantitative estimate of drug-likeness (QED) is 0.435. The van der Waals surface area contributed by atoms with Crippen LogP contribution >= 0.6 is 0 Å². The molecular weight excluding hydrogens is 108 g/mol. The fourth-order valence-electron chi connectivity index (χ4n) is 0. The van der Waals surface area contributed by atoms with Crippen LogP contribution in [0.4, 0.5) is 0 Å². The van der Waals surface area contributed by atoms with Gasteiger partial charge >= 0.3 is 0 Å². The van der Waals surface area contributed by atoms with Gasteiger partial charge in [-0.15, -0.1) is 23.7 Å². The summed E-state index contributed by atoms with van der Waals surface area (Å²) >= 11 is 0. The van der Waals surface area contributed by atoms with Gasteiger partial charge < -0.3 is 0 Å². The predicted octanol–water partition coefficient (Wildman–Crippen LogP) is 2.70. The van der Waals surface area contributed by atoms with E-state index in [0.717, 1.165) is 0 Å². The van der Waals surface area contributed by atoms with Crippen molar-refractivity contribution in [2.45, 2.75) is 35.1 Å². The highest BCUT2D eigenvalue weighted by Gasteiger charge is 1.27. The van der Waals surface area contributed by atoms with Gasteiger partial charge in [-0.05, 0) is 27.7 Å². The van der Waals surface area contributed by atoms with E-state index >= 15 is 0 Å². The maximum Gasteiger partial charge on any atom is -0.00271 e. The Kier molecular flexibility index (Phi) is 47.8. The Morgan fingerprint density at radius 2 is 0.667 bits per heavy atom. The minimum Gasteiger partial charge on any atom is -0.107 e. The molecule has 0 saturated carbocycles. The molecule has 0 nitrogen and oxygen atoms in total. The standard InChI is InChI=1S/2C4H6.CH4/c2*1-3-4-2;/h2*1-2H3;1H4. The Balaban J connectivity index is -0.0000000720. The van der Waals surface area contributed by atoms with Gasteiger partial charge in [0, 0.05) is 0 Å². The highest BCUT2D eigenvalue weighted by molar-refractivity contribution is 4.89. The number of hydrogen-bond donors (Lipinski definition) is 0. The van der Waals surface area contributed by atoms with Gasteiger partial charge in [0.1, 0.15) is 0 Å². The maximum absolute atomic E-state index is 2.68. The maximum atomic E-state index is 2.68. The average molecular weight is 124 g/mol. The largest absolute Gasteiger partial charge is 0.107 e. The van der Waals surface area contributed by atoms with Gasteiger partial charge in [-0.25, -0.2) is 0 Å². The van der Waals surface area contributed by atoms with Crippen LogP contribution in [0.15, 0.2) is 0 Å². The Hall–Kier alpha value is -0.880. The van der Waals surface area contributed by atoms with Gasteiger partial charge in [-0.1, -0.05) is 7.43 Å². The van der Waals surface area contributed by atoms with E-state index in [1.54, 1.807) is 0 Å². The molecule has 0 fully saturated rings. The zero-order valence-corrected chi connectivity index (χ0v) is 6.00. The second-order valence-corrected chi connectivity index (χ2v) is 1.00. The fraction of sp³-hybridized carbons (Fsp3) is 0.556. The highest BCUT2D eigenvalue weighted by atomic mass is 13.3. The van der Waals surface area contributed by atoms with Crippen LogP contribution in [0.1, 0.15) is 35.1 Å². The van der Waals surface area contributed by atoms with E-state index in [-0.39, 0.29) is 7.43 Å². The summed E-state index contributed by atoms with van der Waals surface area (Å²) < 4.78 is 0. The van der Waals surface area contributed by atoms with E-state index in [9.17, 15) is 0 Å². The van der Waals surface area contributed by atoms with Crippen LogP contribution in [0.3, 0.4) is 0 Å². The predicted molar refractivity (Wildman–Crippen MR) is 45.0 cm³/mol. The van der Waals surface area contributed by atoms with E-state index in [4.69, 9.17) is 0 Å². The summed E-state index contributed by atoms with van der Waals surface area (Å²) in [7, 11) is 0. The molecule has 0 rings (SSSR count). The fourth-order valence-corrected chi connectivity index (χ4v) is 0. The first kappa shape index (κ1) is 15.7. The van der Waals surface area contributed by atoms with Crippen molar-refractivity contribution in [2.75, 3.05) is 0 Å². The van der Waals surface area contributed by atoms with Crippen molar-refractivity contribution in [3.05, 3.63) is 0 Å². The van der Waals surface area contributed by atoms with Crippen LogP contribution in [0, 0.1) is 23.7 Å². The van der Waals surface area contributed by atoms with Crippen molar-refractivity contribution in [1.29, 1.82) is 0 Å². The van der Waals surface area contributed by atoms with Crippen LogP contribution in [-0.4, -0.2) is 0 Å². The Bertz CT molecular complexity index is 91.6. The molecule has 0 heteroatoms. The summed E-state index contributed by atoms with van der Waals surface area (Å²) in [6.07, 6.45) is 0. The first-order valence-corrected chi connectivity index (χ1v) is 2.50. The third kappa shape index (κ3) is 149. The SMILES string of the molecule is C.CC#CC.CC#CC. The minimum absolute atomic E-state index is 0. The Morgan fingerprint density at radius 1 is 0.556 bits per heavy atom. The second kappa shape index (κ2) is 27.4. The van der Waals surface area contributed by atoms with Crippen molar-refractivity contribution >= 4 is 0 Å². The molecule has 0 aliphatic carbocycles. The third-order valence-electron chi connectivity index (χ3n) is 0.500. The molecule has 0 aromatic heterocycles. The van der Waals surface area contributed by atoms with Gasteiger partial charge in [-0.2, -0.15) is 0 Å². The van der Waals surface area contributed by atoms with Crippen molar-refractivity contribution in [2.24, 2.45) is 0 Å². The van der Waals surface area contributed by atoms with Crippen molar-refractivity contribution in [3.8, 4) is 23.7 Å². The molecule has 0 bridgehead atoms. The number of rotatable bonds is 0. The molecule has 0 unspecified atom stereocenters. The molecule has 0 atom stereocenters. The lowest BCUT2D eigenvalue weighted by molar-refractivity contribution is 1.83. The van der Waals surface area contributed by atoms with Crippen LogP contribution < -0.4 is 0 Å². The molecule has 0 spiro atoms. The van der Waals surface area contributed by atoms with Crippen LogP contribution in [-0.2, 0) is 0 Å². The summed E-state index contributed by atoms with van der Waals surface area (Å²) in [6.45, 7) is 7.28. The molecule has 52 valence electrons. The summed E-state index contributed by atoms with van der Waals surface area (Å²) in [4.78, 5) is 0. The molecule has 0 aromatic rings. The molecule has 0 saturated heterocycles. The van der Waals surface area contributed by atoms with Crippen molar-refractivity contribution in [1.82, 2.24) is 0 Å². The summed E-state index contributed by atoms with van der Waals surface area (Å²) in [5.74, 6) is 10.7. The summed E-state index contributed by atoms with van der Waals surface area (Å²) in [6, 6.07) is 0. The number of hydrogen-bond acceptors (Lipinski definition) is 0. The Morgan fingerprint density at radius 3 is 0.667 bits per heavy atom. The lowest BCUT2D eigenvalue weighted by atomic mass is 10.7. The molecule has 0 heterocycles. The highest BCUT2D eigenvalue weighted by Crippen LogP contribution is 1.39. The molecular formula is C9H16. The van der Waals surface area contributed by atoms with E-state index in [1.165, 1.54) is 0 Å². The lowest BCUT2D eigenvalue weighted by Gasteiger charge is -1.40. The van der Waals surface area contributed by atoms with Crippen molar-refractivity contribution < 1.29 is 0 Å². The molecule has 0 N–H and O–H groups in total. The van der Waals surface area contributed by atoms with Gasteiger partial charge in [-0.3, -0.25) is 0 Å². The normalized spacial score (nSPS) is 3.11. The van der Waals surface area contributed by atoms with Crippen LogP contribution in [0.5, 0.6) is 0 Å². The van der Waals surface area contributed by atoms with Crippen LogP contribution in [0.2, 0.25) is 0 Å². The lowest BCUT2D eigenvalue weighted by Crippen LogP contribution is -1.28. The van der Waals surface area contributed by atoms with Gasteiger partial charge in [0.25, 0.3) is 0 Å². The first-order valence-electron chi connectivity index (χ1n) is 2.50. The van der Waals surface area contributed by atoms with Crippen molar-refractivity contribution in [3.63, 3.8) is 0 Å². The molecule has 0 aliphatic heterocycles. The minimum atomic E-state index is 0. The molecule has 0 aromatic carbocycles. The average Bonchev–Trinajstić information content (AvgIpc) is 1.88. The van der Waals surface area contributed by atoms with Gasteiger partial charge in [0.05, 0.1) is 0 Å². The van der Waals surface area contributed by atoms with Gasteiger partial charge in [0.15, 0.2) is 0 Å². The summed E-state index contributed by atoms with van der Waals surface area (Å²) in [5, 5.41) is 0. The molecule has 0 aliphatic rings. The monoisotopic (exact) mass is 124 g/mol. The van der Waals surface area contributed by atoms with E-state index in [2.05, 4.69) is 23.7 Å². The third-order valence-corrected chi connectivity index (χ3v) is 0.500. The van der Waals surface area contributed by atoms with Gasteiger partial charge in [0.2, 0.25) is 0 Å². The zero-order chi connectivity index (χ0) is 6.83. The zero-order valence-electron chi connectivity index (χ0n) is 6.00. The second-order valence-electron chi connectivity index (χ2n) is 1.00. The van der Waals surface area contributed by atoms with E-state index < -0.39 is 0 Å². The Labute approximate surface area is 59.7 Å². The molecule has 0 amide bonds. The molecule has 0 radical (unpaired) electrons. The topological polar surface area (TPSA) is 0 Å². The summed E-state index contributed by atoms with van der Waals surface area (Å²) in [5.41, 5.74) is 0. The van der Waals surface area contributed by atoms with E-state index in [1.807, 2.05) is 27.7 Å². The first-order chi connectivity index (χ1) is 3.83. The van der Waals surface area contributed by atoms with E-state index in [0.29, 0.717) is 0 Å². The van der Waals surface area contributed by atoms with Crippen LogP contribution in [0.25, 0.3) is 0 Å². The smallest absolute Gasteiger partial charge is 0.00271 e.